The van der Waals surface area contributed by atoms with Crippen LogP contribution in [0.2, 0.25) is 0 Å². The molecule has 1 atom stereocenters. The van der Waals surface area contributed by atoms with Crippen LogP contribution >= 0.6 is 0 Å². The highest BCUT2D eigenvalue weighted by atomic mass is 16.5. The third kappa shape index (κ3) is 9.98. The number of furan rings is 1. The molecule has 10 heteroatoms. The maximum Gasteiger partial charge on any atom is 0.414 e. The highest BCUT2D eigenvalue weighted by Crippen LogP contribution is 2.30. The number of amides is 1. The Balaban J connectivity index is 0.000000757. The minimum Gasteiger partial charge on any atom is -0.490 e. The number of hydrogen-bond donors (Lipinski definition) is 3. The van der Waals surface area contributed by atoms with E-state index in [-0.39, 0.29) is 18.5 Å². The van der Waals surface area contributed by atoms with Crippen LogP contribution < -0.4 is 14.8 Å². The molecule has 1 unspecified atom stereocenters. The molecule has 0 aliphatic carbocycles. The number of carboxylic acid groups (broad SMARTS) is 2. The first-order valence-electron chi connectivity index (χ1n) is 12.2. The van der Waals surface area contributed by atoms with Crippen molar-refractivity contribution in [3.8, 4) is 11.5 Å². The number of hydrogen-bond acceptors (Lipinski definition) is 7. The first kappa shape index (κ1) is 29.9. The van der Waals surface area contributed by atoms with Crippen LogP contribution in [-0.4, -0.2) is 52.7 Å². The van der Waals surface area contributed by atoms with E-state index in [1.165, 1.54) is 0 Å². The van der Waals surface area contributed by atoms with Gasteiger partial charge in [0.1, 0.15) is 5.76 Å². The van der Waals surface area contributed by atoms with Crippen LogP contribution in [0, 0.1) is 0 Å². The van der Waals surface area contributed by atoms with E-state index in [9.17, 15) is 4.79 Å². The third-order valence-corrected chi connectivity index (χ3v) is 5.31. The van der Waals surface area contributed by atoms with Crippen LogP contribution in [-0.2, 0) is 27.5 Å². The Morgan fingerprint density at radius 1 is 0.895 bits per heavy atom. The zero-order valence-corrected chi connectivity index (χ0v) is 21.8. The summed E-state index contributed by atoms with van der Waals surface area (Å²) in [6.45, 7) is 8.23. The van der Waals surface area contributed by atoms with Crippen molar-refractivity contribution in [1.29, 1.82) is 0 Å². The second kappa shape index (κ2) is 15.7. The van der Waals surface area contributed by atoms with Gasteiger partial charge in [0.2, 0.25) is 5.91 Å². The summed E-state index contributed by atoms with van der Waals surface area (Å²) >= 11 is 0. The van der Waals surface area contributed by atoms with Crippen molar-refractivity contribution in [1.82, 2.24) is 10.2 Å². The molecule has 1 heterocycles. The average Bonchev–Trinajstić information content (AvgIpc) is 3.42. The predicted molar refractivity (Wildman–Crippen MR) is 140 cm³/mol. The Bertz CT molecular complexity index is 1140. The van der Waals surface area contributed by atoms with Crippen molar-refractivity contribution in [3.63, 3.8) is 0 Å². The molecule has 3 N–H and O–H groups in total. The molecule has 3 aromatic rings. The van der Waals surface area contributed by atoms with E-state index in [0.29, 0.717) is 26.3 Å². The van der Waals surface area contributed by atoms with Gasteiger partial charge in [-0.1, -0.05) is 36.4 Å². The van der Waals surface area contributed by atoms with E-state index < -0.39 is 11.9 Å². The van der Waals surface area contributed by atoms with Crippen LogP contribution in [0.15, 0.2) is 71.3 Å². The summed E-state index contributed by atoms with van der Waals surface area (Å²) in [6.07, 6.45) is 1.63. The quantitative estimate of drug-likeness (QED) is 0.298. The molecule has 0 radical (unpaired) electrons. The van der Waals surface area contributed by atoms with Gasteiger partial charge in [0.15, 0.2) is 11.5 Å². The molecule has 10 nitrogen and oxygen atoms in total. The van der Waals surface area contributed by atoms with E-state index in [0.717, 1.165) is 28.4 Å². The largest absolute Gasteiger partial charge is 0.490 e. The van der Waals surface area contributed by atoms with E-state index in [2.05, 4.69) is 5.32 Å². The summed E-state index contributed by atoms with van der Waals surface area (Å²) in [6, 6.07) is 19.6. The molecule has 1 amide bonds. The van der Waals surface area contributed by atoms with Crippen molar-refractivity contribution < 1.29 is 38.5 Å². The van der Waals surface area contributed by atoms with Crippen LogP contribution in [0.3, 0.4) is 0 Å². The second-order valence-corrected chi connectivity index (χ2v) is 8.10. The number of carbonyl (C=O) groups excluding carboxylic acids is 1. The average molecular weight is 527 g/mol. The Labute approximate surface area is 221 Å². The summed E-state index contributed by atoms with van der Waals surface area (Å²) in [7, 11) is 0. The van der Waals surface area contributed by atoms with E-state index in [1.807, 2.05) is 81.4 Å². The Hall–Kier alpha value is -4.31. The lowest BCUT2D eigenvalue weighted by Gasteiger charge is -2.24. The molecule has 0 spiro atoms. The van der Waals surface area contributed by atoms with Gasteiger partial charge < -0.3 is 34.3 Å². The van der Waals surface area contributed by atoms with Crippen molar-refractivity contribution in [3.05, 3.63) is 83.8 Å². The van der Waals surface area contributed by atoms with Crippen LogP contribution in [0.4, 0.5) is 0 Å². The summed E-state index contributed by atoms with van der Waals surface area (Å²) in [4.78, 5) is 33.1. The van der Waals surface area contributed by atoms with Gasteiger partial charge in [-0.25, -0.2) is 9.59 Å². The highest BCUT2D eigenvalue weighted by molar-refractivity contribution is 6.27. The number of benzene rings is 2. The molecule has 2 aromatic carbocycles. The maximum atomic E-state index is 13.1. The monoisotopic (exact) mass is 526 g/mol. The van der Waals surface area contributed by atoms with Gasteiger partial charge in [-0.2, -0.15) is 0 Å². The van der Waals surface area contributed by atoms with E-state index in [4.69, 9.17) is 33.7 Å². The minimum atomic E-state index is -1.82. The number of carboxylic acids is 2. The normalized spacial score (nSPS) is 11.0. The van der Waals surface area contributed by atoms with Crippen LogP contribution in [0.1, 0.15) is 43.7 Å². The van der Waals surface area contributed by atoms with Crippen molar-refractivity contribution >= 4 is 17.8 Å². The van der Waals surface area contributed by atoms with E-state index in [1.54, 1.807) is 11.2 Å². The smallest absolute Gasteiger partial charge is 0.414 e. The summed E-state index contributed by atoms with van der Waals surface area (Å²) in [5.74, 6) is -1.43. The standard InChI is InChI=1S/C26H32N2O4.C2H2O4/c1-4-30-24-14-13-22(16-25(24)31-5-2)20(3)27-17-26(29)28(19-23-12-9-15-32-23)18-21-10-7-6-8-11-21;3-1(4)2(5)6/h6-16,20,27H,4-5,17-19H2,1-3H3;(H,3,4)(H,5,6). The minimum absolute atomic E-state index is 0.00747. The zero-order chi connectivity index (χ0) is 27.9. The lowest BCUT2D eigenvalue weighted by atomic mass is 10.1. The molecule has 3 rings (SSSR count). The molecule has 204 valence electrons. The zero-order valence-electron chi connectivity index (χ0n) is 21.8. The summed E-state index contributed by atoms with van der Waals surface area (Å²) in [5.41, 5.74) is 2.11. The van der Waals surface area contributed by atoms with Crippen LogP contribution in [0.25, 0.3) is 0 Å². The van der Waals surface area contributed by atoms with Gasteiger partial charge in [-0.15, -0.1) is 0 Å². The molecule has 0 fully saturated rings. The highest BCUT2D eigenvalue weighted by Gasteiger charge is 2.18. The number of nitrogens with one attached hydrogen (secondary N) is 1. The maximum absolute atomic E-state index is 13.1. The molecule has 38 heavy (non-hydrogen) atoms. The van der Waals surface area contributed by atoms with Crippen molar-refractivity contribution in [2.45, 2.75) is 39.9 Å². The molecular formula is C28H34N2O8. The number of ether oxygens (including phenoxy) is 2. The lowest BCUT2D eigenvalue weighted by molar-refractivity contribution is -0.159. The van der Waals surface area contributed by atoms with Gasteiger partial charge in [-0.05, 0) is 56.2 Å². The molecule has 0 saturated carbocycles. The van der Waals surface area contributed by atoms with Gasteiger partial charge in [0.25, 0.3) is 0 Å². The molecule has 0 bridgehead atoms. The number of rotatable bonds is 12. The Morgan fingerprint density at radius 2 is 1.55 bits per heavy atom. The second-order valence-electron chi connectivity index (χ2n) is 8.10. The lowest BCUT2D eigenvalue weighted by Crippen LogP contribution is -2.38. The summed E-state index contributed by atoms with van der Waals surface area (Å²) in [5, 5.41) is 18.1. The number of nitrogens with zero attached hydrogens (tertiary/aromatic N) is 1. The summed E-state index contributed by atoms with van der Waals surface area (Å²) < 4.78 is 16.9. The fourth-order valence-electron chi connectivity index (χ4n) is 3.43. The predicted octanol–water partition coefficient (Wildman–Crippen LogP) is 4.11. The topological polar surface area (TPSA) is 139 Å². The molecule has 0 aliphatic heterocycles. The Kier molecular flexibility index (Phi) is 12.4. The van der Waals surface area contributed by atoms with Gasteiger partial charge in [0.05, 0.1) is 32.6 Å². The molecular weight excluding hydrogens is 492 g/mol. The number of aliphatic carboxylic acids is 2. The van der Waals surface area contributed by atoms with Gasteiger partial charge >= 0.3 is 11.9 Å². The van der Waals surface area contributed by atoms with E-state index >= 15 is 0 Å². The third-order valence-electron chi connectivity index (χ3n) is 5.31. The fraction of sp³-hybridized carbons (Fsp3) is 0.321. The van der Waals surface area contributed by atoms with Crippen molar-refractivity contribution in [2.24, 2.45) is 0 Å². The van der Waals surface area contributed by atoms with Crippen LogP contribution in [0.5, 0.6) is 11.5 Å². The first-order chi connectivity index (χ1) is 18.2. The first-order valence-corrected chi connectivity index (χ1v) is 12.2. The number of carbonyl (C=O) groups is 3. The SMILES string of the molecule is CCOc1ccc(C(C)NCC(=O)N(Cc2ccccc2)Cc2ccco2)cc1OCC.O=C(O)C(=O)O. The van der Waals surface area contributed by atoms with Gasteiger partial charge in [-0.3, -0.25) is 4.79 Å². The molecule has 1 aromatic heterocycles. The fourth-order valence-corrected chi connectivity index (χ4v) is 3.43. The van der Waals surface area contributed by atoms with Gasteiger partial charge in [0, 0.05) is 12.6 Å². The molecule has 0 aliphatic rings. The Morgan fingerprint density at radius 3 is 2.13 bits per heavy atom. The molecule has 0 saturated heterocycles. The van der Waals surface area contributed by atoms with Crippen molar-refractivity contribution in [2.75, 3.05) is 19.8 Å².